The summed E-state index contributed by atoms with van der Waals surface area (Å²) in [4.78, 5) is 11.8. The fraction of sp³-hybridized carbons (Fsp3) is 0. The maximum atomic E-state index is 12.9. The van der Waals surface area contributed by atoms with Gasteiger partial charge in [0.25, 0.3) is 0 Å². The number of hydrogen-bond acceptors (Lipinski definition) is 2. The van der Waals surface area contributed by atoms with Gasteiger partial charge in [0.2, 0.25) is 0 Å². The molecule has 18 heavy (non-hydrogen) atoms. The predicted molar refractivity (Wildman–Crippen MR) is 65.5 cm³/mol. The van der Waals surface area contributed by atoms with E-state index in [1.807, 2.05) is 0 Å². The Morgan fingerprint density at radius 3 is 2.28 bits per heavy atom. The van der Waals surface area contributed by atoms with Crippen LogP contribution in [0.1, 0.15) is 10.4 Å². The van der Waals surface area contributed by atoms with Gasteiger partial charge in [0.1, 0.15) is 17.4 Å². The highest BCUT2D eigenvalue weighted by atomic mass is 79.9. The number of halogens is 3. The smallest absolute Gasteiger partial charge is 0.344 e. The molecule has 0 aliphatic carbocycles. The largest absolute Gasteiger partial charge is 0.423 e. The summed E-state index contributed by atoms with van der Waals surface area (Å²) in [5, 5.41) is 0. The first-order chi connectivity index (χ1) is 8.56. The Morgan fingerprint density at radius 1 is 1.06 bits per heavy atom. The van der Waals surface area contributed by atoms with Crippen LogP contribution in [0.4, 0.5) is 8.78 Å². The van der Waals surface area contributed by atoms with Crippen LogP contribution in [0.5, 0.6) is 5.75 Å². The molecular weight excluding hydrogens is 306 g/mol. The normalized spacial score (nSPS) is 10.2. The van der Waals surface area contributed by atoms with Crippen LogP contribution in [0, 0.1) is 11.6 Å². The van der Waals surface area contributed by atoms with Gasteiger partial charge in [0.05, 0.1) is 5.56 Å². The van der Waals surface area contributed by atoms with E-state index in [1.54, 1.807) is 24.3 Å². The number of esters is 1. The molecule has 0 fully saturated rings. The second kappa shape index (κ2) is 5.27. The van der Waals surface area contributed by atoms with Crippen LogP contribution in [0.15, 0.2) is 46.9 Å². The fourth-order valence-corrected chi connectivity index (χ4v) is 1.82. The van der Waals surface area contributed by atoms with E-state index in [9.17, 15) is 13.6 Å². The molecule has 2 rings (SSSR count). The summed E-state index contributed by atoms with van der Waals surface area (Å²) < 4.78 is 31.3. The predicted octanol–water partition coefficient (Wildman–Crippen LogP) is 3.95. The molecule has 2 aromatic carbocycles. The van der Waals surface area contributed by atoms with Gasteiger partial charge in [-0.1, -0.05) is 12.1 Å². The highest BCUT2D eigenvalue weighted by Crippen LogP contribution is 2.20. The molecule has 0 unspecified atom stereocenters. The van der Waals surface area contributed by atoms with Gasteiger partial charge >= 0.3 is 5.97 Å². The van der Waals surface area contributed by atoms with Gasteiger partial charge in [-0.05, 0) is 28.1 Å². The maximum absolute atomic E-state index is 12.9. The summed E-state index contributed by atoms with van der Waals surface area (Å²) >= 11 is 3.19. The van der Waals surface area contributed by atoms with E-state index in [4.69, 9.17) is 4.74 Å². The number of hydrogen-bond donors (Lipinski definition) is 0. The molecule has 0 atom stereocenters. The number of ether oxygens (including phenoxy) is 1. The zero-order chi connectivity index (χ0) is 13.1. The third-order valence-electron chi connectivity index (χ3n) is 2.14. The van der Waals surface area contributed by atoms with Crippen molar-refractivity contribution in [2.75, 3.05) is 0 Å². The Morgan fingerprint density at radius 2 is 1.67 bits per heavy atom. The lowest BCUT2D eigenvalue weighted by Crippen LogP contribution is -2.09. The lowest BCUT2D eigenvalue weighted by Gasteiger charge is -2.06. The Bertz CT molecular complexity index is 579. The Hall–Kier alpha value is -1.75. The summed E-state index contributed by atoms with van der Waals surface area (Å²) in [7, 11) is 0. The van der Waals surface area contributed by atoms with Gasteiger partial charge in [-0.25, -0.2) is 13.6 Å². The van der Waals surface area contributed by atoms with Gasteiger partial charge in [-0.2, -0.15) is 0 Å². The third kappa shape index (κ3) is 2.92. The Balaban J connectivity index is 2.24. The molecule has 0 amide bonds. The molecule has 0 aromatic heterocycles. The SMILES string of the molecule is O=C(Oc1cc(F)cc(F)c1)c1ccccc1Br. The van der Waals surface area contributed by atoms with Crippen molar-refractivity contribution in [3.8, 4) is 5.75 Å². The molecule has 92 valence electrons. The minimum atomic E-state index is -0.801. The summed E-state index contributed by atoms with van der Waals surface area (Å²) in [6.45, 7) is 0. The van der Waals surface area contributed by atoms with E-state index in [2.05, 4.69) is 15.9 Å². The van der Waals surface area contributed by atoms with Gasteiger partial charge in [0, 0.05) is 22.7 Å². The fourth-order valence-electron chi connectivity index (χ4n) is 1.38. The van der Waals surface area contributed by atoms with Crippen molar-refractivity contribution in [2.24, 2.45) is 0 Å². The van der Waals surface area contributed by atoms with Crippen molar-refractivity contribution in [1.82, 2.24) is 0 Å². The van der Waals surface area contributed by atoms with Crippen LogP contribution in [0.25, 0.3) is 0 Å². The summed E-state index contributed by atoms with van der Waals surface area (Å²) in [6.07, 6.45) is 0. The van der Waals surface area contributed by atoms with Crippen LogP contribution >= 0.6 is 15.9 Å². The van der Waals surface area contributed by atoms with Crippen molar-refractivity contribution in [2.45, 2.75) is 0 Å². The lowest BCUT2D eigenvalue weighted by molar-refractivity contribution is 0.0733. The van der Waals surface area contributed by atoms with Gasteiger partial charge < -0.3 is 4.74 Å². The molecule has 0 bridgehead atoms. The third-order valence-corrected chi connectivity index (χ3v) is 2.83. The molecule has 2 aromatic rings. The summed E-state index contributed by atoms with van der Waals surface area (Å²) in [5.41, 5.74) is 0.280. The quantitative estimate of drug-likeness (QED) is 0.620. The van der Waals surface area contributed by atoms with E-state index in [0.717, 1.165) is 12.1 Å². The standard InChI is InChI=1S/C13H7BrF2O2/c14-12-4-2-1-3-11(12)13(17)18-10-6-8(15)5-9(16)7-10/h1-7H. The lowest BCUT2D eigenvalue weighted by atomic mass is 10.2. The molecule has 0 aliphatic heterocycles. The Labute approximate surface area is 110 Å². The second-order valence-corrected chi connectivity index (χ2v) is 4.33. The Kier molecular flexibility index (Phi) is 3.72. The van der Waals surface area contributed by atoms with Crippen molar-refractivity contribution in [3.63, 3.8) is 0 Å². The van der Waals surface area contributed by atoms with E-state index in [-0.39, 0.29) is 11.3 Å². The first-order valence-electron chi connectivity index (χ1n) is 4.99. The minimum absolute atomic E-state index is 0.173. The van der Waals surface area contributed by atoms with E-state index < -0.39 is 17.6 Å². The van der Waals surface area contributed by atoms with Crippen LogP contribution < -0.4 is 4.74 Å². The molecule has 0 heterocycles. The van der Waals surface area contributed by atoms with E-state index >= 15 is 0 Å². The first-order valence-corrected chi connectivity index (χ1v) is 5.78. The summed E-state index contributed by atoms with van der Waals surface area (Å²) in [5.74, 6) is -2.46. The van der Waals surface area contributed by atoms with Crippen molar-refractivity contribution in [3.05, 3.63) is 64.1 Å². The zero-order valence-corrected chi connectivity index (χ0v) is 10.6. The van der Waals surface area contributed by atoms with Crippen LogP contribution in [0.2, 0.25) is 0 Å². The molecular formula is C13H7BrF2O2. The molecule has 0 N–H and O–H groups in total. The monoisotopic (exact) mass is 312 g/mol. The molecule has 0 aliphatic rings. The number of benzene rings is 2. The van der Waals surface area contributed by atoms with Crippen LogP contribution in [0.3, 0.4) is 0 Å². The van der Waals surface area contributed by atoms with Crippen molar-refractivity contribution in [1.29, 1.82) is 0 Å². The maximum Gasteiger partial charge on any atom is 0.344 e. The first kappa shape index (κ1) is 12.7. The van der Waals surface area contributed by atoms with Gasteiger partial charge in [-0.3, -0.25) is 0 Å². The van der Waals surface area contributed by atoms with E-state index in [0.29, 0.717) is 10.5 Å². The number of rotatable bonds is 2. The average Bonchev–Trinajstić information content (AvgIpc) is 2.27. The zero-order valence-electron chi connectivity index (χ0n) is 8.99. The highest BCUT2D eigenvalue weighted by Gasteiger charge is 2.12. The van der Waals surface area contributed by atoms with Crippen molar-refractivity contribution >= 4 is 21.9 Å². The molecule has 0 saturated carbocycles. The molecule has 2 nitrogen and oxygen atoms in total. The van der Waals surface area contributed by atoms with E-state index in [1.165, 1.54) is 0 Å². The molecule has 0 saturated heterocycles. The average molecular weight is 313 g/mol. The van der Waals surface area contributed by atoms with Crippen LogP contribution in [-0.4, -0.2) is 5.97 Å². The number of carbonyl (C=O) groups excluding carboxylic acids is 1. The molecule has 5 heteroatoms. The molecule has 0 radical (unpaired) electrons. The highest BCUT2D eigenvalue weighted by molar-refractivity contribution is 9.10. The minimum Gasteiger partial charge on any atom is -0.423 e. The number of carbonyl (C=O) groups is 1. The second-order valence-electron chi connectivity index (χ2n) is 3.47. The molecule has 0 spiro atoms. The topological polar surface area (TPSA) is 26.3 Å². The summed E-state index contributed by atoms with van der Waals surface area (Å²) in [6, 6.07) is 9.20. The van der Waals surface area contributed by atoms with Crippen molar-refractivity contribution < 1.29 is 18.3 Å². The van der Waals surface area contributed by atoms with Gasteiger partial charge in [-0.15, -0.1) is 0 Å². The van der Waals surface area contributed by atoms with Gasteiger partial charge in [0.15, 0.2) is 0 Å². The van der Waals surface area contributed by atoms with Crippen LogP contribution in [-0.2, 0) is 0 Å².